The zero-order valence-electron chi connectivity index (χ0n) is 11.7. The zero-order chi connectivity index (χ0) is 14.7. The van der Waals surface area contributed by atoms with E-state index < -0.39 is 5.82 Å². The molecule has 0 aromatic heterocycles. The van der Waals surface area contributed by atoms with Crippen LogP contribution in [-0.4, -0.2) is 7.11 Å². The van der Waals surface area contributed by atoms with Gasteiger partial charge in [-0.2, -0.15) is 0 Å². The van der Waals surface area contributed by atoms with Gasteiger partial charge in [-0.3, -0.25) is 0 Å². The number of methoxy groups -OCH3 is 1. The first-order chi connectivity index (χ1) is 9.51. The molecule has 2 aromatic carbocycles. The Morgan fingerprint density at radius 1 is 1.20 bits per heavy atom. The topological polar surface area (TPSA) is 21.3 Å². The second-order valence-electron chi connectivity index (χ2n) is 4.74. The summed E-state index contributed by atoms with van der Waals surface area (Å²) in [6, 6.07) is 10.7. The summed E-state index contributed by atoms with van der Waals surface area (Å²) in [7, 11) is 1.64. The van der Waals surface area contributed by atoms with Crippen molar-refractivity contribution in [2.24, 2.45) is 0 Å². The van der Waals surface area contributed by atoms with Crippen molar-refractivity contribution in [1.82, 2.24) is 0 Å². The molecule has 0 bridgehead atoms. The van der Waals surface area contributed by atoms with Gasteiger partial charge < -0.3 is 10.1 Å². The molecule has 2 aromatic rings. The molecule has 0 heterocycles. The predicted molar refractivity (Wildman–Crippen MR) is 81.2 cm³/mol. The molecule has 1 unspecified atom stereocenters. The fraction of sp³-hybridized carbons (Fsp3) is 0.250. The van der Waals surface area contributed by atoms with Gasteiger partial charge in [0.05, 0.1) is 17.8 Å². The normalized spacial score (nSPS) is 12.1. The van der Waals surface area contributed by atoms with Gasteiger partial charge in [-0.15, -0.1) is 0 Å². The highest BCUT2D eigenvalue weighted by Gasteiger charge is 2.11. The van der Waals surface area contributed by atoms with Crippen LogP contribution in [0.5, 0.6) is 5.75 Å². The third-order valence-electron chi connectivity index (χ3n) is 3.17. The number of benzene rings is 2. The molecule has 0 aliphatic carbocycles. The van der Waals surface area contributed by atoms with E-state index in [1.165, 1.54) is 6.07 Å². The van der Waals surface area contributed by atoms with Gasteiger partial charge in [0.1, 0.15) is 11.6 Å². The average molecular weight is 294 g/mol. The number of hydrogen-bond acceptors (Lipinski definition) is 2. The number of hydrogen-bond donors (Lipinski definition) is 1. The maximum Gasteiger partial charge on any atom is 0.142 e. The van der Waals surface area contributed by atoms with Crippen LogP contribution in [-0.2, 0) is 0 Å². The Labute approximate surface area is 123 Å². The Hall–Kier alpha value is -1.74. The summed E-state index contributed by atoms with van der Waals surface area (Å²) in [4.78, 5) is 0. The van der Waals surface area contributed by atoms with E-state index in [1.54, 1.807) is 19.2 Å². The van der Waals surface area contributed by atoms with Crippen molar-refractivity contribution in [2.75, 3.05) is 12.4 Å². The first-order valence-electron chi connectivity index (χ1n) is 6.37. The summed E-state index contributed by atoms with van der Waals surface area (Å²) in [6.45, 7) is 4.00. The van der Waals surface area contributed by atoms with Crippen LogP contribution in [0, 0.1) is 12.7 Å². The second-order valence-corrected chi connectivity index (χ2v) is 5.15. The summed E-state index contributed by atoms with van der Waals surface area (Å²) in [5, 5.41) is 3.48. The van der Waals surface area contributed by atoms with Gasteiger partial charge in [0.25, 0.3) is 0 Å². The lowest BCUT2D eigenvalue weighted by molar-refractivity contribution is 0.416. The molecule has 0 fully saturated rings. The molecule has 4 heteroatoms. The van der Waals surface area contributed by atoms with E-state index in [4.69, 9.17) is 16.3 Å². The van der Waals surface area contributed by atoms with Gasteiger partial charge >= 0.3 is 0 Å². The first-order valence-corrected chi connectivity index (χ1v) is 6.75. The Morgan fingerprint density at radius 3 is 2.60 bits per heavy atom. The van der Waals surface area contributed by atoms with E-state index in [1.807, 2.05) is 32.0 Å². The minimum atomic E-state index is -0.407. The Morgan fingerprint density at radius 2 is 1.95 bits per heavy atom. The molecule has 0 saturated carbocycles. The molecule has 106 valence electrons. The van der Waals surface area contributed by atoms with Crippen molar-refractivity contribution in [2.45, 2.75) is 19.9 Å². The number of halogens is 2. The highest BCUT2D eigenvalue weighted by Crippen LogP contribution is 2.30. The van der Waals surface area contributed by atoms with Crippen molar-refractivity contribution in [1.29, 1.82) is 0 Å². The molecule has 1 N–H and O–H groups in total. The van der Waals surface area contributed by atoms with E-state index in [-0.39, 0.29) is 11.1 Å². The number of ether oxygens (including phenoxy) is 1. The summed E-state index contributed by atoms with van der Waals surface area (Å²) >= 11 is 5.81. The number of nitrogens with one attached hydrogen (secondary N) is 1. The maximum absolute atomic E-state index is 13.2. The molecule has 0 amide bonds. The van der Waals surface area contributed by atoms with Gasteiger partial charge in [-0.05, 0) is 49.2 Å². The largest absolute Gasteiger partial charge is 0.495 e. The van der Waals surface area contributed by atoms with Crippen LogP contribution in [0.1, 0.15) is 24.1 Å². The van der Waals surface area contributed by atoms with Gasteiger partial charge in [0.15, 0.2) is 0 Å². The van der Waals surface area contributed by atoms with E-state index in [2.05, 4.69) is 5.32 Å². The van der Waals surface area contributed by atoms with Crippen molar-refractivity contribution in [3.8, 4) is 5.75 Å². The van der Waals surface area contributed by atoms with E-state index >= 15 is 0 Å². The minimum absolute atomic E-state index is 0.00953. The number of anilines is 1. The molecule has 2 nitrogen and oxygen atoms in total. The molecule has 0 radical (unpaired) electrons. The van der Waals surface area contributed by atoms with E-state index in [0.29, 0.717) is 0 Å². The number of rotatable bonds is 4. The van der Waals surface area contributed by atoms with Crippen LogP contribution in [0.15, 0.2) is 36.4 Å². The van der Waals surface area contributed by atoms with Crippen LogP contribution in [0.25, 0.3) is 0 Å². The van der Waals surface area contributed by atoms with Crippen LogP contribution in [0.3, 0.4) is 0 Å². The van der Waals surface area contributed by atoms with Gasteiger partial charge in [-0.25, -0.2) is 4.39 Å². The van der Waals surface area contributed by atoms with Crippen molar-refractivity contribution in [3.05, 3.63) is 58.4 Å². The monoisotopic (exact) mass is 293 g/mol. The molecule has 0 aliphatic heterocycles. The molecule has 2 rings (SSSR count). The smallest absolute Gasteiger partial charge is 0.142 e. The molecule has 1 atom stereocenters. The zero-order valence-corrected chi connectivity index (χ0v) is 12.5. The molecule has 0 spiro atoms. The Bertz CT molecular complexity index is 615. The van der Waals surface area contributed by atoms with Crippen molar-refractivity contribution < 1.29 is 9.13 Å². The summed E-state index contributed by atoms with van der Waals surface area (Å²) in [5.41, 5.74) is 2.94. The van der Waals surface area contributed by atoms with Crippen molar-refractivity contribution >= 4 is 17.3 Å². The van der Waals surface area contributed by atoms with Crippen molar-refractivity contribution in [3.63, 3.8) is 0 Å². The predicted octanol–water partition coefficient (Wildman–Crippen LogP) is 4.97. The van der Waals surface area contributed by atoms with Crippen LogP contribution >= 0.6 is 11.6 Å². The first kappa shape index (κ1) is 14.7. The second kappa shape index (κ2) is 6.14. The lowest BCUT2D eigenvalue weighted by Gasteiger charge is -2.18. The molecule has 0 saturated heterocycles. The lowest BCUT2D eigenvalue weighted by Crippen LogP contribution is -2.08. The molecular weight excluding hydrogens is 277 g/mol. The fourth-order valence-electron chi connectivity index (χ4n) is 2.02. The third kappa shape index (κ3) is 3.23. The quantitative estimate of drug-likeness (QED) is 0.859. The highest BCUT2D eigenvalue weighted by molar-refractivity contribution is 6.30. The maximum atomic E-state index is 13.2. The third-order valence-corrected chi connectivity index (χ3v) is 3.46. The molecular formula is C16H17ClFNO. The van der Waals surface area contributed by atoms with E-state index in [9.17, 15) is 4.39 Å². The van der Waals surface area contributed by atoms with Crippen LogP contribution < -0.4 is 10.1 Å². The minimum Gasteiger partial charge on any atom is -0.495 e. The fourth-order valence-corrected chi connectivity index (χ4v) is 2.20. The standard InChI is InChI=1S/C16H17ClFNO/c1-10-4-7-15(16(8-10)20-3)19-11(2)12-5-6-14(18)13(17)9-12/h4-9,11,19H,1-3H3. The lowest BCUT2D eigenvalue weighted by atomic mass is 10.1. The Balaban J connectivity index is 2.22. The molecule has 0 aliphatic rings. The van der Waals surface area contributed by atoms with Crippen LogP contribution in [0.4, 0.5) is 10.1 Å². The summed E-state index contributed by atoms with van der Waals surface area (Å²) in [5.74, 6) is 0.376. The summed E-state index contributed by atoms with van der Waals surface area (Å²) in [6.07, 6.45) is 0. The average Bonchev–Trinajstić information content (AvgIpc) is 2.43. The van der Waals surface area contributed by atoms with E-state index in [0.717, 1.165) is 22.6 Å². The number of aryl methyl sites for hydroxylation is 1. The summed E-state index contributed by atoms with van der Waals surface area (Å²) < 4.78 is 18.5. The van der Waals surface area contributed by atoms with Gasteiger partial charge in [0, 0.05) is 6.04 Å². The van der Waals surface area contributed by atoms with Crippen LogP contribution in [0.2, 0.25) is 5.02 Å². The molecule has 20 heavy (non-hydrogen) atoms. The Kier molecular flexibility index (Phi) is 4.50. The SMILES string of the molecule is COc1cc(C)ccc1NC(C)c1ccc(F)c(Cl)c1. The van der Waals surface area contributed by atoms with Gasteiger partial charge in [-0.1, -0.05) is 23.7 Å². The van der Waals surface area contributed by atoms with Gasteiger partial charge in [0.2, 0.25) is 0 Å². The highest BCUT2D eigenvalue weighted by atomic mass is 35.5.